The van der Waals surface area contributed by atoms with Crippen LogP contribution in [0.3, 0.4) is 0 Å². The number of fused-ring (bicyclic) bond motifs is 1. The smallest absolute Gasteiger partial charge is 0.230 e. The van der Waals surface area contributed by atoms with Crippen LogP contribution in [0.2, 0.25) is 0 Å². The van der Waals surface area contributed by atoms with Crippen LogP contribution in [-0.4, -0.2) is 29.5 Å². The maximum Gasteiger partial charge on any atom is 0.230 e. The van der Waals surface area contributed by atoms with E-state index in [0.29, 0.717) is 17.3 Å². The van der Waals surface area contributed by atoms with Crippen molar-refractivity contribution >= 4 is 17.4 Å². The summed E-state index contributed by atoms with van der Waals surface area (Å²) in [5, 5.41) is 3.03. The van der Waals surface area contributed by atoms with E-state index in [1.54, 1.807) is 26.4 Å². The Balaban J connectivity index is 1.68. The molecule has 2 heterocycles. The minimum atomic E-state index is -0.167. The van der Waals surface area contributed by atoms with Gasteiger partial charge in [0.05, 0.1) is 20.6 Å². The van der Waals surface area contributed by atoms with Gasteiger partial charge in [-0.1, -0.05) is 36.4 Å². The molecule has 0 bridgehead atoms. The van der Waals surface area contributed by atoms with E-state index in [4.69, 9.17) is 14.5 Å². The van der Waals surface area contributed by atoms with Gasteiger partial charge >= 0.3 is 0 Å². The average molecular weight is 387 g/mol. The highest BCUT2D eigenvalue weighted by Gasteiger charge is 2.17. The summed E-state index contributed by atoms with van der Waals surface area (Å²) in [6, 6.07) is 20.9. The van der Waals surface area contributed by atoms with Gasteiger partial charge in [-0.3, -0.25) is 9.20 Å². The van der Waals surface area contributed by atoms with E-state index < -0.39 is 0 Å². The molecule has 0 fully saturated rings. The molecule has 0 spiro atoms. The first-order valence-corrected chi connectivity index (χ1v) is 9.23. The Morgan fingerprint density at radius 3 is 2.55 bits per heavy atom. The van der Waals surface area contributed by atoms with Crippen LogP contribution in [0.25, 0.3) is 16.9 Å². The van der Waals surface area contributed by atoms with Crippen molar-refractivity contribution < 1.29 is 14.3 Å². The third kappa shape index (κ3) is 3.78. The number of aromatic nitrogens is 2. The number of benzene rings is 2. The number of methoxy groups -OCH3 is 2. The molecular formula is C23H21N3O3. The number of pyridine rings is 1. The molecule has 0 atom stereocenters. The molecule has 2 aromatic carbocycles. The molecule has 0 aliphatic carbocycles. The zero-order chi connectivity index (χ0) is 20.2. The lowest BCUT2D eigenvalue weighted by Crippen LogP contribution is -2.16. The summed E-state index contributed by atoms with van der Waals surface area (Å²) < 4.78 is 12.5. The number of nitrogens with one attached hydrogen (secondary N) is 1. The van der Waals surface area contributed by atoms with Crippen LogP contribution in [0.15, 0.2) is 72.9 Å². The zero-order valence-corrected chi connectivity index (χ0v) is 16.3. The van der Waals surface area contributed by atoms with Crippen LogP contribution < -0.4 is 14.8 Å². The van der Waals surface area contributed by atoms with E-state index in [0.717, 1.165) is 22.5 Å². The molecule has 6 heteroatoms. The molecule has 2 aromatic heterocycles. The number of rotatable bonds is 6. The van der Waals surface area contributed by atoms with Gasteiger partial charge in [-0.05, 0) is 30.3 Å². The van der Waals surface area contributed by atoms with E-state index in [1.165, 1.54) is 0 Å². The molecule has 0 unspecified atom stereocenters. The second-order valence-electron chi connectivity index (χ2n) is 6.51. The predicted molar refractivity (Wildman–Crippen MR) is 113 cm³/mol. The van der Waals surface area contributed by atoms with E-state index in [9.17, 15) is 4.79 Å². The van der Waals surface area contributed by atoms with Crippen LogP contribution in [-0.2, 0) is 11.2 Å². The van der Waals surface area contributed by atoms with Crippen molar-refractivity contribution in [3.63, 3.8) is 0 Å². The Morgan fingerprint density at radius 1 is 1.00 bits per heavy atom. The summed E-state index contributed by atoms with van der Waals surface area (Å²) in [5.74, 6) is 1.79. The Bertz CT molecular complexity index is 1150. The number of hydrogen-bond donors (Lipinski definition) is 1. The van der Waals surface area contributed by atoms with Gasteiger partial charge in [0.1, 0.15) is 28.7 Å². The normalized spacial score (nSPS) is 10.7. The molecule has 146 valence electrons. The Labute approximate surface area is 168 Å². The van der Waals surface area contributed by atoms with Crippen molar-refractivity contribution in [3.05, 3.63) is 78.5 Å². The van der Waals surface area contributed by atoms with Crippen LogP contribution in [0.5, 0.6) is 11.5 Å². The maximum atomic E-state index is 12.9. The number of carbonyl (C=O) groups is 1. The second kappa shape index (κ2) is 8.06. The SMILES string of the molecule is COc1ccc(OC)c(CC(=O)Nc2c(-c3ccccc3)nc3ccccn23)c1. The van der Waals surface area contributed by atoms with Crippen molar-refractivity contribution in [1.29, 1.82) is 0 Å². The average Bonchev–Trinajstić information content (AvgIpc) is 3.12. The summed E-state index contributed by atoms with van der Waals surface area (Å²) in [6.07, 6.45) is 2.03. The predicted octanol–water partition coefficient (Wildman–Crippen LogP) is 4.20. The number of hydrogen-bond acceptors (Lipinski definition) is 4. The minimum absolute atomic E-state index is 0.147. The summed E-state index contributed by atoms with van der Waals surface area (Å²) in [6.45, 7) is 0. The molecular weight excluding hydrogens is 366 g/mol. The molecule has 0 saturated heterocycles. The standard InChI is InChI=1S/C23H21N3O3/c1-28-18-11-12-19(29-2)17(14-18)15-21(27)25-23-22(16-8-4-3-5-9-16)24-20-10-6-7-13-26(20)23/h3-14H,15H2,1-2H3,(H,25,27). The van der Waals surface area contributed by atoms with Crippen molar-refractivity contribution in [2.45, 2.75) is 6.42 Å². The fraction of sp³-hybridized carbons (Fsp3) is 0.130. The molecule has 6 nitrogen and oxygen atoms in total. The maximum absolute atomic E-state index is 12.9. The largest absolute Gasteiger partial charge is 0.497 e. The third-order valence-corrected chi connectivity index (χ3v) is 4.67. The number of anilines is 1. The van der Waals surface area contributed by atoms with Crippen LogP contribution >= 0.6 is 0 Å². The molecule has 0 radical (unpaired) electrons. The van der Waals surface area contributed by atoms with Crippen LogP contribution in [0.4, 0.5) is 5.82 Å². The first kappa shape index (κ1) is 18.6. The highest BCUT2D eigenvalue weighted by atomic mass is 16.5. The zero-order valence-electron chi connectivity index (χ0n) is 16.3. The molecule has 4 aromatic rings. The molecule has 0 aliphatic rings. The second-order valence-corrected chi connectivity index (χ2v) is 6.51. The quantitative estimate of drug-likeness (QED) is 0.539. The summed E-state index contributed by atoms with van der Waals surface area (Å²) in [7, 11) is 3.18. The number of carbonyl (C=O) groups excluding carboxylic acids is 1. The number of nitrogens with zero attached hydrogens (tertiary/aromatic N) is 2. The number of imidazole rings is 1. The monoisotopic (exact) mass is 387 g/mol. The Kier molecular flexibility index (Phi) is 5.16. The van der Waals surface area contributed by atoms with Crippen LogP contribution in [0, 0.1) is 0 Å². The molecule has 1 amide bonds. The molecule has 0 aliphatic heterocycles. The fourth-order valence-corrected chi connectivity index (χ4v) is 3.28. The van der Waals surface area contributed by atoms with E-state index in [-0.39, 0.29) is 12.3 Å². The van der Waals surface area contributed by atoms with Crippen molar-refractivity contribution in [3.8, 4) is 22.8 Å². The van der Waals surface area contributed by atoms with Gasteiger partial charge in [0.25, 0.3) is 0 Å². The molecule has 1 N–H and O–H groups in total. The van der Waals surface area contributed by atoms with Crippen molar-refractivity contribution in [1.82, 2.24) is 9.38 Å². The van der Waals surface area contributed by atoms with Gasteiger partial charge in [0.15, 0.2) is 0 Å². The first-order valence-electron chi connectivity index (χ1n) is 9.23. The fourth-order valence-electron chi connectivity index (χ4n) is 3.28. The van der Waals surface area contributed by atoms with E-state index in [1.807, 2.05) is 65.2 Å². The third-order valence-electron chi connectivity index (χ3n) is 4.67. The highest BCUT2D eigenvalue weighted by molar-refractivity contribution is 5.96. The topological polar surface area (TPSA) is 64.9 Å². The van der Waals surface area contributed by atoms with Crippen LogP contribution in [0.1, 0.15) is 5.56 Å². The highest BCUT2D eigenvalue weighted by Crippen LogP contribution is 2.29. The summed E-state index contributed by atoms with van der Waals surface area (Å²) in [5.41, 5.74) is 3.17. The van der Waals surface area contributed by atoms with Crippen molar-refractivity contribution in [2.75, 3.05) is 19.5 Å². The number of amides is 1. The van der Waals surface area contributed by atoms with E-state index in [2.05, 4.69) is 5.32 Å². The van der Waals surface area contributed by atoms with Gasteiger partial charge in [-0.15, -0.1) is 0 Å². The van der Waals surface area contributed by atoms with Gasteiger partial charge in [-0.25, -0.2) is 4.98 Å². The van der Waals surface area contributed by atoms with Crippen molar-refractivity contribution in [2.24, 2.45) is 0 Å². The first-order chi connectivity index (χ1) is 14.2. The number of ether oxygens (including phenoxy) is 2. The molecule has 0 saturated carbocycles. The lowest BCUT2D eigenvalue weighted by atomic mass is 10.1. The summed E-state index contributed by atoms with van der Waals surface area (Å²) in [4.78, 5) is 17.6. The molecule has 4 rings (SSSR count). The summed E-state index contributed by atoms with van der Waals surface area (Å²) >= 11 is 0. The van der Waals surface area contributed by atoms with Gasteiger partial charge in [0.2, 0.25) is 5.91 Å². The Morgan fingerprint density at radius 2 is 1.79 bits per heavy atom. The minimum Gasteiger partial charge on any atom is -0.497 e. The van der Waals surface area contributed by atoms with Gasteiger partial charge < -0.3 is 14.8 Å². The Hall–Kier alpha value is -3.80. The lowest BCUT2D eigenvalue weighted by Gasteiger charge is -2.11. The molecule has 29 heavy (non-hydrogen) atoms. The lowest BCUT2D eigenvalue weighted by molar-refractivity contribution is -0.115. The van der Waals surface area contributed by atoms with Gasteiger partial charge in [-0.2, -0.15) is 0 Å². The van der Waals surface area contributed by atoms with E-state index >= 15 is 0 Å². The van der Waals surface area contributed by atoms with Gasteiger partial charge in [0, 0.05) is 17.3 Å².